The molecule has 0 spiro atoms. The first-order chi connectivity index (χ1) is 6.31. The van der Waals surface area contributed by atoms with Crippen molar-refractivity contribution in [1.82, 2.24) is 5.32 Å². The van der Waals surface area contributed by atoms with Gasteiger partial charge in [0.25, 0.3) is 0 Å². The molecule has 0 aromatic carbocycles. The first-order valence-electron chi connectivity index (χ1n) is 5.12. The molecule has 1 N–H and O–H groups in total. The highest BCUT2D eigenvalue weighted by Gasteiger charge is 2.02. The Hall–Kier alpha value is 0.200. The minimum Gasteiger partial charge on any atom is -0.359 e. The Kier molecular flexibility index (Phi) is 10.4. The molecule has 0 saturated heterocycles. The number of amides is 1. The number of hydrogen-bond acceptors (Lipinski definition) is 1. The van der Waals surface area contributed by atoms with Gasteiger partial charge in [0, 0.05) is 10.5 Å². The van der Waals surface area contributed by atoms with E-state index >= 15 is 0 Å². The van der Waals surface area contributed by atoms with E-state index in [0.717, 1.165) is 23.3 Å². The summed E-state index contributed by atoms with van der Waals surface area (Å²) in [7, 11) is 0. The van der Waals surface area contributed by atoms with E-state index in [9.17, 15) is 4.79 Å². The SMILES string of the molecule is CCCCCC[C@@H](I)CCNC=O. The molecule has 0 aliphatic carbocycles. The molecule has 1 amide bonds. The van der Waals surface area contributed by atoms with E-state index < -0.39 is 0 Å². The Morgan fingerprint density at radius 3 is 2.69 bits per heavy atom. The molecule has 0 heterocycles. The normalized spacial score (nSPS) is 12.5. The van der Waals surface area contributed by atoms with Crippen molar-refractivity contribution >= 4 is 29.0 Å². The van der Waals surface area contributed by atoms with Crippen LogP contribution in [-0.2, 0) is 4.79 Å². The molecule has 0 bridgehead atoms. The highest BCUT2D eigenvalue weighted by atomic mass is 127. The summed E-state index contributed by atoms with van der Waals surface area (Å²) < 4.78 is 0.724. The van der Waals surface area contributed by atoms with Gasteiger partial charge in [0.2, 0.25) is 6.41 Å². The molecule has 0 rings (SSSR count). The Balaban J connectivity index is 3.09. The lowest BCUT2D eigenvalue weighted by Gasteiger charge is -2.08. The molecule has 0 aromatic heterocycles. The molecule has 13 heavy (non-hydrogen) atoms. The standard InChI is InChI=1S/C10H20INO/c1-2-3-4-5-6-10(11)7-8-12-9-13/h9-10H,2-8H2,1H3,(H,12,13)/t10-/m1/s1. The van der Waals surface area contributed by atoms with Gasteiger partial charge in [0.15, 0.2) is 0 Å². The van der Waals surface area contributed by atoms with Crippen molar-refractivity contribution in [2.75, 3.05) is 6.54 Å². The Labute approximate surface area is 95.0 Å². The summed E-state index contributed by atoms with van der Waals surface area (Å²) in [6, 6.07) is 0. The van der Waals surface area contributed by atoms with Gasteiger partial charge in [-0.1, -0.05) is 55.2 Å². The average molecular weight is 297 g/mol. The van der Waals surface area contributed by atoms with Crippen LogP contribution in [0.15, 0.2) is 0 Å². The number of carbonyl (C=O) groups excluding carboxylic acids is 1. The summed E-state index contributed by atoms with van der Waals surface area (Å²) in [5.74, 6) is 0. The fourth-order valence-electron chi connectivity index (χ4n) is 1.24. The van der Waals surface area contributed by atoms with Crippen LogP contribution in [0.1, 0.15) is 45.4 Å². The number of hydrogen-bond donors (Lipinski definition) is 1. The van der Waals surface area contributed by atoms with Gasteiger partial charge in [0.05, 0.1) is 0 Å². The van der Waals surface area contributed by atoms with Crippen molar-refractivity contribution in [1.29, 1.82) is 0 Å². The van der Waals surface area contributed by atoms with Crippen LogP contribution in [0.5, 0.6) is 0 Å². The molecule has 78 valence electrons. The fraction of sp³-hybridized carbons (Fsp3) is 0.900. The van der Waals surface area contributed by atoms with Gasteiger partial charge in [-0.05, 0) is 12.8 Å². The van der Waals surface area contributed by atoms with Crippen LogP contribution < -0.4 is 5.32 Å². The van der Waals surface area contributed by atoms with E-state index in [1.165, 1.54) is 32.1 Å². The molecule has 0 radical (unpaired) electrons. The Bertz CT molecular complexity index is 119. The third kappa shape index (κ3) is 10.1. The van der Waals surface area contributed by atoms with E-state index in [-0.39, 0.29) is 0 Å². The third-order valence-corrected chi connectivity index (χ3v) is 3.30. The van der Waals surface area contributed by atoms with E-state index in [1.54, 1.807) is 0 Å². The summed E-state index contributed by atoms with van der Waals surface area (Å²) in [4.78, 5) is 9.97. The van der Waals surface area contributed by atoms with Crippen molar-refractivity contribution in [3.8, 4) is 0 Å². The van der Waals surface area contributed by atoms with Gasteiger partial charge >= 0.3 is 0 Å². The zero-order valence-electron chi connectivity index (χ0n) is 8.39. The number of carbonyl (C=O) groups is 1. The summed E-state index contributed by atoms with van der Waals surface area (Å²) in [6.07, 6.45) is 8.53. The second-order valence-corrected chi connectivity index (χ2v) is 5.07. The van der Waals surface area contributed by atoms with Crippen LogP contribution in [0.3, 0.4) is 0 Å². The molecule has 3 heteroatoms. The summed E-state index contributed by atoms with van der Waals surface area (Å²) >= 11 is 2.48. The summed E-state index contributed by atoms with van der Waals surface area (Å²) in [5, 5.41) is 2.70. The smallest absolute Gasteiger partial charge is 0.207 e. The minimum atomic E-state index is 0.724. The molecule has 0 fully saturated rings. The molecule has 0 unspecified atom stereocenters. The highest BCUT2D eigenvalue weighted by Crippen LogP contribution is 2.14. The fourth-order valence-corrected chi connectivity index (χ4v) is 1.99. The summed E-state index contributed by atoms with van der Waals surface area (Å²) in [6.45, 7) is 3.06. The molecule has 0 aliphatic rings. The van der Waals surface area contributed by atoms with Gasteiger partial charge in [-0.2, -0.15) is 0 Å². The van der Waals surface area contributed by atoms with Gasteiger partial charge in [-0.3, -0.25) is 4.79 Å². The largest absolute Gasteiger partial charge is 0.359 e. The highest BCUT2D eigenvalue weighted by molar-refractivity contribution is 14.1. The second-order valence-electron chi connectivity index (χ2n) is 3.31. The quantitative estimate of drug-likeness (QED) is 0.301. The van der Waals surface area contributed by atoms with E-state index in [1.807, 2.05) is 0 Å². The zero-order valence-corrected chi connectivity index (χ0v) is 10.5. The number of unbranched alkanes of at least 4 members (excludes halogenated alkanes) is 3. The zero-order chi connectivity index (χ0) is 9.94. The van der Waals surface area contributed by atoms with Crippen molar-refractivity contribution < 1.29 is 4.79 Å². The average Bonchev–Trinajstić information content (AvgIpc) is 2.13. The molecule has 1 atom stereocenters. The van der Waals surface area contributed by atoms with Crippen LogP contribution in [0.2, 0.25) is 0 Å². The van der Waals surface area contributed by atoms with Gasteiger partial charge in [-0.15, -0.1) is 0 Å². The molecular weight excluding hydrogens is 277 g/mol. The van der Waals surface area contributed by atoms with Gasteiger partial charge < -0.3 is 5.32 Å². The lowest BCUT2D eigenvalue weighted by Crippen LogP contribution is -2.15. The lowest BCUT2D eigenvalue weighted by molar-refractivity contribution is -0.109. The van der Waals surface area contributed by atoms with Crippen LogP contribution in [0, 0.1) is 0 Å². The first-order valence-corrected chi connectivity index (χ1v) is 6.37. The monoisotopic (exact) mass is 297 g/mol. The second kappa shape index (κ2) is 10.3. The number of alkyl halides is 1. The van der Waals surface area contributed by atoms with Crippen LogP contribution in [0.4, 0.5) is 0 Å². The van der Waals surface area contributed by atoms with Crippen molar-refractivity contribution in [3.63, 3.8) is 0 Å². The number of halogens is 1. The van der Waals surface area contributed by atoms with Crippen molar-refractivity contribution in [3.05, 3.63) is 0 Å². The van der Waals surface area contributed by atoms with E-state index in [0.29, 0.717) is 0 Å². The minimum absolute atomic E-state index is 0.724. The van der Waals surface area contributed by atoms with Crippen molar-refractivity contribution in [2.24, 2.45) is 0 Å². The van der Waals surface area contributed by atoms with Crippen LogP contribution >= 0.6 is 22.6 Å². The van der Waals surface area contributed by atoms with E-state index in [4.69, 9.17) is 0 Å². The summed E-state index contributed by atoms with van der Waals surface area (Å²) in [5.41, 5.74) is 0. The molecule has 0 aromatic rings. The van der Waals surface area contributed by atoms with Crippen molar-refractivity contribution in [2.45, 2.75) is 49.4 Å². The topological polar surface area (TPSA) is 29.1 Å². The predicted octanol–water partition coefficient (Wildman–Crippen LogP) is 2.90. The number of rotatable bonds is 9. The third-order valence-electron chi connectivity index (χ3n) is 2.06. The first kappa shape index (κ1) is 13.2. The Morgan fingerprint density at radius 1 is 1.31 bits per heavy atom. The molecule has 0 aliphatic heterocycles. The molecule has 0 saturated carbocycles. The van der Waals surface area contributed by atoms with Crippen LogP contribution in [0.25, 0.3) is 0 Å². The predicted molar refractivity (Wildman–Crippen MR) is 65.3 cm³/mol. The Morgan fingerprint density at radius 2 is 2.08 bits per heavy atom. The maximum atomic E-state index is 9.97. The van der Waals surface area contributed by atoms with Gasteiger partial charge in [-0.25, -0.2) is 0 Å². The maximum Gasteiger partial charge on any atom is 0.207 e. The van der Waals surface area contributed by atoms with E-state index in [2.05, 4.69) is 34.8 Å². The lowest BCUT2D eigenvalue weighted by atomic mass is 10.1. The van der Waals surface area contributed by atoms with Gasteiger partial charge in [0.1, 0.15) is 0 Å². The maximum absolute atomic E-state index is 9.97. The molecule has 2 nitrogen and oxygen atoms in total. The van der Waals surface area contributed by atoms with Crippen LogP contribution in [-0.4, -0.2) is 16.9 Å². The number of nitrogens with one attached hydrogen (secondary N) is 1. The molecular formula is C10H20INO.